The van der Waals surface area contributed by atoms with Crippen molar-refractivity contribution < 1.29 is 18.3 Å². The lowest BCUT2D eigenvalue weighted by molar-refractivity contribution is -0.126. The van der Waals surface area contributed by atoms with Crippen molar-refractivity contribution >= 4 is 38.3 Å². The Balaban J connectivity index is 1.10. The summed E-state index contributed by atoms with van der Waals surface area (Å²) in [6, 6.07) is 10.8. The molecule has 2 saturated heterocycles. The number of benzene rings is 1. The van der Waals surface area contributed by atoms with Crippen molar-refractivity contribution in [3.8, 4) is 6.07 Å². The first-order chi connectivity index (χ1) is 21.6. The highest BCUT2D eigenvalue weighted by molar-refractivity contribution is 7.18. The Morgan fingerprint density at radius 1 is 1.18 bits per heavy atom. The fourth-order valence-corrected chi connectivity index (χ4v) is 7.74. The summed E-state index contributed by atoms with van der Waals surface area (Å²) in [5, 5.41) is 28.2. The molecule has 13 heteroatoms. The van der Waals surface area contributed by atoms with Gasteiger partial charge in [0.1, 0.15) is 28.7 Å². The zero-order valence-electron chi connectivity index (χ0n) is 25.6. The fourth-order valence-electron chi connectivity index (χ4n) is 6.71. The van der Waals surface area contributed by atoms with Crippen LogP contribution in [0.15, 0.2) is 30.6 Å². The highest BCUT2D eigenvalue weighted by Crippen LogP contribution is 2.33. The summed E-state index contributed by atoms with van der Waals surface area (Å²) in [7, 11) is 0. The van der Waals surface area contributed by atoms with Crippen molar-refractivity contribution in [3.63, 3.8) is 0 Å². The number of hydrogen-bond acceptors (Lipinski definition) is 9. The zero-order chi connectivity index (χ0) is 31.7. The molecule has 1 aromatic carbocycles. The SMILES string of the molecule is Cc1c(CN2CCC(Nc3ncnc4sc(CC(F)(F)F)cc34)CC2)ccc2c1cc(C#N)n2CC(C)N1CCNC(CO)C1. The third-order valence-electron chi connectivity index (χ3n) is 9.24. The van der Waals surface area contributed by atoms with Crippen molar-refractivity contribution in [3.05, 3.63) is 52.3 Å². The van der Waals surface area contributed by atoms with E-state index in [0.29, 0.717) is 28.3 Å². The molecule has 2 aliphatic rings. The summed E-state index contributed by atoms with van der Waals surface area (Å²) in [4.78, 5) is 14.2. The second-order valence-electron chi connectivity index (χ2n) is 12.4. The average Bonchev–Trinajstić information content (AvgIpc) is 3.60. The van der Waals surface area contributed by atoms with Crippen molar-refractivity contribution in [2.45, 2.75) is 70.5 Å². The van der Waals surface area contributed by atoms with Gasteiger partial charge in [-0.1, -0.05) is 6.07 Å². The number of aryl methyl sites for hydroxylation is 1. The van der Waals surface area contributed by atoms with E-state index in [1.165, 1.54) is 17.5 Å². The van der Waals surface area contributed by atoms with Gasteiger partial charge in [0, 0.05) is 79.7 Å². The van der Waals surface area contributed by atoms with Gasteiger partial charge in [-0.15, -0.1) is 11.3 Å². The zero-order valence-corrected chi connectivity index (χ0v) is 26.4. The molecule has 0 radical (unpaired) electrons. The number of anilines is 1. The molecule has 0 spiro atoms. The van der Waals surface area contributed by atoms with E-state index in [2.05, 4.69) is 67.0 Å². The van der Waals surface area contributed by atoms with Gasteiger partial charge in [0.2, 0.25) is 0 Å². The van der Waals surface area contributed by atoms with E-state index in [1.807, 2.05) is 6.07 Å². The van der Waals surface area contributed by atoms with Gasteiger partial charge in [0.05, 0.1) is 18.4 Å². The Morgan fingerprint density at radius 2 is 1.98 bits per heavy atom. The predicted octanol–water partition coefficient (Wildman–Crippen LogP) is 4.66. The molecule has 45 heavy (non-hydrogen) atoms. The van der Waals surface area contributed by atoms with Crippen molar-refractivity contribution in [1.82, 2.24) is 29.7 Å². The van der Waals surface area contributed by atoms with Crippen LogP contribution in [0.5, 0.6) is 0 Å². The number of likely N-dealkylation sites (tertiary alicyclic amines) is 1. The highest BCUT2D eigenvalue weighted by atomic mass is 32.1. The van der Waals surface area contributed by atoms with Crippen LogP contribution in [0.1, 0.15) is 41.5 Å². The topological polar surface area (TPSA) is 105 Å². The van der Waals surface area contributed by atoms with Crippen LogP contribution in [0.2, 0.25) is 0 Å². The molecule has 3 aromatic heterocycles. The summed E-state index contributed by atoms with van der Waals surface area (Å²) in [6.07, 6.45) is -2.02. The molecule has 0 amide bonds. The molecule has 5 heterocycles. The van der Waals surface area contributed by atoms with E-state index in [4.69, 9.17) is 0 Å². The lowest BCUT2D eigenvalue weighted by Crippen LogP contribution is -2.55. The summed E-state index contributed by atoms with van der Waals surface area (Å²) in [5.74, 6) is 0.599. The van der Waals surface area contributed by atoms with Gasteiger partial charge >= 0.3 is 6.18 Å². The first-order valence-electron chi connectivity index (χ1n) is 15.5. The number of aromatic nitrogens is 3. The number of aliphatic hydroxyl groups is 1. The standard InChI is InChI=1S/C32H39F3N8OS/c1-20(42-10-7-37-24(17-42)18-44)15-43-25(14-36)11-27-21(2)22(3-4-29(27)43)16-41-8-5-23(6-9-41)40-30-28-12-26(13-32(33,34)35)45-31(28)39-19-38-30/h3-4,11-12,19-20,23-24,37,44H,5-10,13,15-18H2,1-2H3,(H,38,39,40). The maximum atomic E-state index is 12.9. The minimum absolute atomic E-state index is 0.0767. The molecule has 6 rings (SSSR count). The van der Waals surface area contributed by atoms with Gasteiger partial charge < -0.3 is 20.3 Å². The lowest BCUT2D eigenvalue weighted by atomic mass is 10.0. The van der Waals surface area contributed by atoms with Crippen molar-refractivity contribution in [2.75, 3.05) is 44.6 Å². The van der Waals surface area contributed by atoms with Crippen LogP contribution in [0.25, 0.3) is 21.1 Å². The number of hydrogen-bond donors (Lipinski definition) is 3. The van der Waals surface area contributed by atoms with Crippen molar-refractivity contribution in [2.24, 2.45) is 0 Å². The fraction of sp³-hybridized carbons (Fsp3) is 0.531. The number of fused-ring (bicyclic) bond motifs is 2. The predicted molar refractivity (Wildman–Crippen MR) is 170 cm³/mol. The van der Waals surface area contributed by atoms with Gasteiger partial charge in [0.15, 0.2) is 0 Å². The van der Waals surface area contributed by atoms with Crippen LogP contribution in [0.3, 0.4) is 0 Å². The minimum Gasteiger partial charge on any atom is -0.395 e. The number of nitriles is 1. The molecular weight excluding hydrogens is 601 g/mol. The van der Waals surface area contributed by atoms with E-state index >= 15 is 0 Å². The lowest BCUT2D eigenvalue weighted by Gasteiger charge is -2.37. The third-order valence-corrected chi connectivity index (χ3v) is 10.3. The van der Waals surface area contributed by atoms with E-state index in [1.54, 1.807) is 6.07 Å². The summed E-state index contributed by atoms with van der Waals surface area (Å²) >= 11 is 1.07. The molecular formula is C32H39F3N8OS. The van der Waals surface area contributed by atoms with E-state index in [-0.39, 0.29) is 29.6 Å². The molecule has 2 atom stereocenters. The van der Waals surface area contributed by atoms with E-state index < -0.39 is 12.6 Å². The largest absolute Gasteiger partial charge is 0.395 e. The second-order valence-corrected chi connectivity index (χ2v) is 13.5. The maximum Gasteiger partial charge on any atom is 0.393 e. The van der Waals surface area contributed by atoms with Gasteiger partial charge in [-0.05, 0) is 56.0 Å². The van der Waals surface area contributed by atoms with Crippen LogP contribution in [-0.2, 0) is 19.5 Å². The number of thiophene rings is 1. The molecule has 2 unspecified atom stereocenters. The van der Waals surface area contributed by atoms with Crippen molar-refractivity contribution in [1.29, 1.82) is 5.26 Å². The Bertz CT molecular complexity index is 1690. The van der Waals surface area contributed by atoms with Crippen LogP contribution in [0, 0.1) is 18.3 Å². The summed E-state index contributed by atoms with van der Waals surface area (Å²) in [6.45, 7) is 10.3. The van der Waals surface area contributed by atoms with Crippen LogP contribution in [-0.4, -0.2) is 93.1 Å². The Morgan fingerprint density at radius 3 is 2.71 bits per heavy atom. The van der Waals surface area contributed by atoms with Gasteiger partial charge in [-0.25, -0.2) is 9.97 Å². The second kappa shape index (κ2) is 13.2. The molecule has 2 fully saturated rings. The minimum atomic E-state index is -4.26. The Hall–Kier alpha value is -3.28. The molecule has 2 aliphatic heterocycles. The number of piperidine rings is 1. The van der Waals surface area contributed by atoms with E-state index in [0.717, 1.165) is 74.3 Å². The number of nitrogens with zero attached hydrogens (tertiary/aromatic N) is 6. The smallest absolute Gasteiger partial charge is 0.393 e. The molecule has 3 N–H and O–H groups in total. The summed E-state index contributed by atoms with van der Waals surface area (Å²) < 4.78 is 40.9. The van der Waals surface area contributed by atoms with Crippen LogP contribution in [0.4, 0.5) is 19.0 Å². The van der Waals surface area contributed by atoms with Crippen LogP contribution < -0.4 is 10.6 Å². The number of piperazine rings is 1. The number of aliphatic hydroxyl groups excluding tert-OH is 1. The van der Waals surface area contributed by atoms with E-state index in [9.17, 15) is 23.5 Å². The Labute approximate surface area is 264 Å². The molecule has 9 nitrogen and oxygen atoms in total. The summed E-state index contributed by atoms with van der Waals surface area (Å²) in [5.41, 5.74) is 4.16. The number of alkyl halides is 3. The monoisotopic (exact) mass is 640 g/mol. The molecule has 0 bridgehead atoms. The molecule has 0 saturated carbocycles. The number of nitrogens with one attached hydrogen (secondary N) is 2. The number of halogens is 3. The first kappa shape index (κ1) is 31.7. The van der Waals surface area contributed by atoms with Crippen LogP contribution >= 0.6 is 11.3 Å². The highest BCUT2D eigenvalue weighted by Gasteiger charge is 2.30. The van der Waals surface area contributed by atoms with Gasteiger partial charge in [-0.3, -0.25) is 9.80 Å². The average molecular weight is 641 g/mol. The first-order valence-corrected chi connectivity index (χ1v) is 16.3. The maximum absolute atomic E-state index is 12.9. The molecule has 4 aromatic rings. The van der Waals surface area contributed by atoms with Gasteiger partial charge in [0.25, 0.3) is 0 Å². The Kier molecular flexibility index (Phi) is 9.31. The quantitative estimate of drug-likeness (QED) is 0.243. The van der Waals surface area contributed by atoms with Gasteiger partial charge in [-0.2, -0.15) is 18.4 Å². The number of rotatable bonds is 9. The molecule has 0 aliphatic carbocycles. The molecule has 240 valence electrons. The third kappa shape index (κ3) is 7.10. The normalized spacial score (nSPS) is 19.7.